The van der Waals surface area contributed by atoms with Crippen LogP contribution in [0.3, 0.4) is 0 Å². The zero-order valence-electron chi connectivity index (χ0n) is 8.87. The van der Waals surface area contributed by atoms with E-state index in [0.29, 0.717) is 0 Å². The molecule has 1 aromatic rings. The lowest BCUT2D eigenvalue weighted by molar-refractivity contribution is -0.143. The van der Waals surface area contributed by atoms with E-state index in [2.05, 4.69) is 4.74 Å². The molecule has 1 unspecified atom stereocenters. The summed E-state index contributed by atoms with van der Waals surface area (Å²) in [4.78, 5) is 11.5. The van der Waals surface area contributed by atoms with Gasteiger partial charge in [0.15, 0.2) is 0 Å². The molecule has 0 aromatic heterocycles. The third-order valence-corrected chi connectivity index (χ3v) is 2.86. The molecule has 2 nitrogen and oxygen atoms in total. The summed E-state index contributed by atoms with van der Waals surface area (Å²) in [7, 11) is 1.23. The van der Waals surface area contributed by atoms with E-state index in [9.17, 15) is 13.6 Å². The molecule has 2 rings (SSSR count). The van der Waals surface area contributed by atoms with Gasteiger partial charge in [0.25, 0.3) is 0 Å². The average molecular weight is 226 g/mol. The molecule has 0 heterocycles. The molecule has 0 saturated heterocycles. The van der Waals surface area contributed by atoms with E-state index < -0.39 is 23.5 Å². The number of carbonyl (C=O) groups is 1. The van der Waals surface area contributed by atoms with E-state index in [1.165, 1.54) is 13.2 Å². The van der Waals surface area contributed by atoms with Crippen LogP contribution in [0, 0.1) is 17.6 Å². The Morgan fingerprint density at radius 3 is 2.38 bits per heavy atom. The molecule has 4 heteroatoms. The van der Waals surface area contributed by atoms with Crippen LogP contribution >= 0.6 is 0 Å². The maximum Gasteiger partial charge on any atom is 0.313 e. The molecule has 0 radical (unpaired) electrons. The van der Waals surface area contributed by atoms with Crippen molar-refractivity contribution in [3.05, 3.63) is 35.4 Å². The minimum Gasteiger partial charge on any atom is -0.469 e. The Morgan fingerprint density at radius 2 is 1.94 bits per heavy atom. The lowest BCUT2D eigenvalue weighted by Gasteiger charge is -2.15. The van der Waals surface area contributed by atoms with Crippen LogP contribution in [0.4, 0.5) is 8.78 Å². The molecule has 16 heavy (non-hydrogen) atoms. The molecule has 0 N–H and O–H groups in total. The van der Waals surface area contributed by atoms with Crippen molar-refractivity contribution in [2.45, 2.75) is 18.8 Å². The predicted molar refractivity (Wildman–Crippen MR) is 53.8 cm³/mol. The first kappa shape index (κ1) is 11.0. The van der Waals surface area contributed by atoms with Crippen molar-refractivity contribution in [2.24, 2.45) is 5.92 Å². The van der Waals surface area contributed by atoms with Crippen molar-refractivity contribution < 1.29 is 18.3 Å². The molecule has 0 amide bonds. The molecule has 1 aliphatic carbocycles. The van der Waals surface area contributed by atoms with E-state index in [1.54, 1.807) is 0 Å². The Labute approximate surface area is 92.2 Å². The lowest BCUT2D eigenvalue weighted by atomic mass is 9.93. The predicted octanol–water partition coefficient (Wildman–Crippen LogP) is 2.63. The van der Waals surface area contributed by atoms with Gasteiger partial charge in [-0.2, -0.15) is 0 Å². The van der Waals surface area contributed by atoms with Crippen LogP contribution in [-0.4, -0.2) is 13.1 Å². The molecule has 1 aliphatic rings. The van der Waals surface area contributed by atoms with Crippen LogP contribution in [-0.2, 0) is 9.53 Å². The first-order valence-corrected chi connectivity index (χ1v) is 5.17. The highest BCUT2D eigenvalue weighted by atomic mass is 19.1. The van der Waals surface area contributed by atoms with Crippen molar-refractivity contribution in [3.63, 3.8) is 0 Å². The fourth-order valence-corrected chi connectivity index (χ4v) is 1.91. The van der Waals surface area contributed by atoms with Gasteiger partial charge in [0, 0.05) is 5.56 Å². The summed E-state index contributed by atoms with van der Waals surface area (Å²) < 4.78 is 31.7. The van der Waals surface area contributed by atoms with E-state index >= 15 is 0 Å². The maximum absolute atomic E-state index is 13.5. The molecule has 1 fully saturated rings. The van der Waals surface area contributed by atoms with Crippen LogP contribution in [0.1, 0.15) is 24.3 Å². The van der Waals surface area contributed by atoms with E-state index in [4.69, 9.17) is 0 Å². The molecule has 1 saturated carbocycles. The Balaban J connectivity index is 2.42. The number of ether oxygens (including phenoxy) is 1. The van der Waals surface area contributed by atoms with Crippen LogP contribution in [0.25, 0.3) is 0 Å². The summed E-state index contributed by atoms with van der Waals surface area (Å²) in [5.41, 5.74) is -0.156. The van der Waals surface area contributed by atoms with E-state index in [-0.39, 0.29) is 11.5 Å². The number of rotatable bonds is 3. The van der Waals surface area contributed by atoms with Gasteiger partial charge in [0.2, 0.25) is 0 Å². The Kier molecular flexibility index (Phi) is 2.90. The molecule has 0 bridgehead atoms. The minimum absolute atomic E-state index is 0.0128. The molecule has 86 valence electrons. The monoisotopic (exact) mass is 226 g/mol. The Bertz CT molecular complexity index is 393. The molecule has 1 aromatic carbocycles. The van der Waals surface area contributed by atoms with Gasteiger partial charge in [-0.1, -0.05) is 6.07 Å². The van der Waals surface area contributed by atoms with E-state index in [1.807, 2.05) is 0 Å². The van der Waals surface area contributed by atoms with Gasteiger partial charge in [0.05, 0.1) is 13.0 Å². The zero-order chi connectivity index (χ0) is 11.7. The second-order valence-corrected chi connectivity index (χ2v) is 3.97. The van der Waals surface area contributed by atoms with Crippen LogP contribution in [0.5, 0.6) is 0 Å². The number of methoxy groups -OCH3 is 1. The smallest absolute Gasteiger partial charge is 0.313 e. The van der Waals surface area contributed by atoms with Gasteiger partial charge in [-0.3, -0.25) is 4.79 Å². The highest BCUT2D eigenvalue weighted by Crippen LogP contribution is 2.44. The molecule has 1 atom stereocenters. The fraction of sp³-hybridized carbons (Fsp3) is 0.417. The first-order chi connectivity index (χ1) is 7.65. The summed E-state index contributed by atoms with van der Waals surface area (Å²) in [5.74, 6) is -2.71. The SMILES string of the molecule is COC(=O)C(c1c(F)cccc1F)C1CC1. The number of esters is 1. The minimum atomic E-state index is -0.800. The molecule has 0 spiro atoms. The summed E-state index contributed by atoms with van der Waals surface area (Å²) in [6.45, 7) is 0. The number of hydrogen-bond donors (Lipinski definition) is 0. The highest BCUT2D eigenvalue weighted by molar-refractivity contribution is 5.79. The maximum atomic E-state index is 13.5. The number of carbonyl (C=O) groups excluding carboxylic acids is 1. The van der Waals surface area contributed by atoms with Crippen LogP contribution < -0.4 is 0 Å². The molecule has 0 aliphatic heterocycles. The van der Waals surface area contributed by atoms with Crippen LogP contribution in [0.15, 0.2) is 18.2 Å². The van der Waals surface area contributed by atoms with Crippen molar-refractivity contribution in [3.8, 4) is 0 Å². The van der Waals surface area contributed by atoms with Gasteiger partial charge < -0.3 is 4.74 Å². The fourth-order valence-electron chi connectivity index (χ4n) is 1.91. The second-order valence-electron chi connectivity index (χ2n) is 3.97. The van der Waals surface area contributed by atoms with Gasteiger partial charge in [-0.05, 0) is 30.9 Å². The summed E-state index contributed by atoms with van der Waals surface area (Å²) in [5, 5.41) is 0. The normalized spacial score (nSPS) is 16.9. The average Bonchev–Trinajstić information content (AvgIpc) is 3.06. The summed E-state index contributed by atoms with van der Waals surface area (Å²) in [6.07, 6.45) is 1.63. The lowest BCUT2D eigenvalue weighted by Crippen LogP contribution is -2.19. The van der Waals surface area contributed by atoms with Crippen molar-refractivity contribution in [1.82, 2.24) is 0 Å². The third kappa shape index (κ3) is 1.92. The highest BCUT2D eigenvalue weighted by Gasteiger charge is 2.40. The van der Waals surface area contributed by atoms with Gasteiger partial charge >= 0.3 is 5.97 Å². The largest absolute Gasteiger partial charge is 0.469 e. The summed E-state index contributed by atoms with van der Waals surface area (Å²) >= 11 is 0. The Morgan fingerprint density at radius 1 is 1.38 bits per heavy atom. The van der Waals surface area contributed by atoms with Crippen molar-refractivity contribution in [2.75, 3.05) is 7.11 Å². The standard InChI is InChI=1S/C12H12F2O2/c1-16-12(15)10(7-5-6-7)11-8(13)3-2-4-9(11)14/h2-4,7,10H,5-6H2,1H3. The molecular formula is C12H12F2O2. The van der Waals surface area contributed by atoms with Crippen molar-refractivity contribution in [1.29, 1.82) is 0 Å². The summed E-state index contributed by atoms with van der Waals surface area (Å²) in [6, 6.07) is 3.61. The van der Waals surface area contributed by atoms with Gasteiger partial charge in [0.1, 0.15) is 11.6 Å². The topological polar surface area (TPSA) is 26.3 Å². The first-order valence-electron chi connectivity index (χ1n) is 5.17. The number of halogens is 2. The van der Waals surface area contributed by atoms with E-state index in [0.717, 1.165) is 25.0 Å². The third-order valence-electron chi connectivity index (χ3n) is 2.86. The second kappa shape index (κ2) is 4.20. The quantitative estimate of drug-likeness (QED) is 0.740. The molecular weight excluding hydrogens is 214 g/mol. The Hall–Kier alpha value is -1.45. The van der Waals surface area contributed by atoms with Crippen molar-refractivity contribution >= 4 is 5.97 Å². The van der Waals surface area contributed by atoms with Gasteiger partial charge in [-0.25, -0.2) is 8.78 Å². The zero-order valence-corrected chi connectivity index (χ0v) is 8.87. The number of benzene rings is 1. The number of hydrogen-bond acceptors (Lipinski definition) is 2. The van der Waals surface area contributed by atoms with Crippen LogP contribution in [0.2, 0.25) is 0 Å². The van der Waals surface area contributed by atoms with Gasteiger partial charge in [-0.15, -0.1) is 0 Å².